The number of aromatic nitrogens is 3. The first kappa shape index (κ1) is 15.7. The molecule has 2 rings (SSSR count). The first-order valence-electron chi connectivity index (χ1n) is 6.80. The summed E-state index contributed by atoms with van der Waals surface area (Å²) in [7, 11) is -3.89. The Morgan fingerprint density at radius 2 is 1.71 bits per heavy atom. The van der Waals surface area contributed by atoms with Gasteiger partial charge >= 0.3 is 0 Å². The maximum atomic E-state index is 11.7. The predicted molar refractivity (Wildman–Crippen MR) is 81.3 cm³/mol. The van der Waals surface area contributed by atoms with Crippen LogP contribution >= 0.6 is 0 Å². The molecule has 1 heterocycles. The monoisotopic (exact) mass is 308 g/mol. The Balaban J connectivity index is 2.74. The van der Waals surface area contributed by atoms with Crippen LogP contribution < -0.4 is 5.14 Å². The number of rotatable bonds is 4. The Bertz CT molecular complexity index is 755. The lowest BCUT2D eigenvalue weighted by molar-refractivity contribution is 0.559. The molecule has 1 aromatic carbocycles. The Labute approximate surface area is 125 Å². The molecule has 0 aliphatic heterocycles. The smallest absolute Gasteiger partial charge is 0.273 e. The van der Waals surface area contributed by atoms with Crippen molar-refractivity contribution >= 4 is 10.0 Å². The molecular weight excluding hydrogens is 288 g/mol. The lowest BCUT2D eigenvalue weighted by Gasteiger charge is -2.13. The molecule has 0 saturated carbocycles. The van der Waals surface area contributed by atoms with Crippen LogP contribution in [0.4, 0.5) is 0 Å². The van der Waals surface area contributed by atoms with Crippen molar-refractivity contribution in [1.82, 2.24) is 14.8 Å². The molecule has 0 amide bonds. The second kappa shape index (κ2) is 5.57. The summed E-state index contributed by atoms with van der Waals surface area (Å²) in [5.41, 5.74) is 4.15. The van der Waals surface area contributed by atoms with Crippen LogP contribution in [-0.4, -0.2) is 23.2 Å². The van der Waals surface area contributed by atoms with Crippen molar-refractivity contribution < 1.29 is 8.42 Å². The summed E-state index contributed by atoms with van der Waals surface area (Å²) in [6.45, 7) is 8.45. The van der Waals surface area contributed by atoms with Crippen LogP contribution in [0.25, 0.3) is 11.4 Å². The minimum absolute atomic E-state index is 0.182. The van der Waals surface area contributed by atoms with Gasteiger partial charge in [0.05, 0.1) is 0 Å². The van der Waals surface area contributed by atoms with Gasteiger partial charge in [-0.05, 0) is 38.3 Å². The standard InChI is InChI=1S/C14H20N4O2S/c1-5-6-18-13(16-17-14(18)21(15,19)20)12-10(3)7-9(2)8-11(12)4/h7-8H,5-6H2,1-4H3,(H2,15,19,20). The van der Waals surface area contributed by atoms with Gasteiger partial charge < -0.3 is 0 Å². The van der Waals surface area contributed by atoms with E-state index < -0.39 is 10.0 Å². The van der Waals surface area contributed by atoms with Crippen LogP contribution in [0.15, 0.2) is 17.3 Å². The van der Waals surface area contributed by atoms with E-state index in [0.717, 1.165) is 28.7 Å². The highest BCUT2D eigenvalue weighted by Crippen LogP contribution is 2.28. The van der Waals surface area contributed by atoms with E-state index in [0.29, 0.717) is 12.4 Å². The van der Waals surface area contributed by atoms with E-state index in [-0.39, 0.29) is 5.16 Å². The quantitative estimate of drug-likeness (QED) is 0.934. The van der Waals surface area contributed by atoms with E-state index in [4.69, 9.17) is 5.14 Å². The van der Waals surface area contributed by atoms with Gasteiger partial charge in [-0.3, -0.25) is 4.57 Å². The molecule has 6 nitrogen and oxygen atoms in total. The Morgan fingerprint density at radius 1 is 1.14 bits per heavy atom. The largest absolute Gasteiger partial charge is 0.297 e. The maximum Gasteiger partial charge on any atom is 0.273 e. The van der Waals surface area contributed by atoms with Crippen molar-refractivity contribution in [2.75, 3.05) is 0 Å². The number of sulfonamides is 1. The molecule has 2 N–H and O–H groups in total. The van der Waals surface area contributed by atoms with Gasteiger partial charge in [-0.1, -0.05) is 24.6 Å². The van der Waals surface area contributed by atoms with Crippen molar-refractivity contribution in [2.24, 2.45) is 5.14 Å². The van der Waals surface area contributed by atoms with Gasteiger partial charge in [0.15, 0.2) is 5.82 Å². The first-order valence-corrected chi connectivity index (χ1v) is 8.34. The third kappa shape index (κ3) is 2.98. The predicted octanol–water partition coefficient (Wildman–Crippen LogP) is 1.93. The number of benzene rings is 1. The molecule has 0 aliphatic carbocycles. The average Bonchev–Trinajstić information content (AvgIpc) is 2.72. The van der Waals surface area contributed by atoms with Crippen LogP contribution in [0, 0.1) is 20.8 Å². The highest BCUT2D eigenvalue weighted by atomic mass is 32.2. The summed E-state index contributed by atoms with van der Waals surface area (Å²) >= 11 is 0. The molecule has 0 fully saturated rings. The van der Waals surface area contributed by atoms with Gasteiger partial charge in [-0.15, -0.1) is 10.2 Å². The summed E-state index contributed by atoms with van der Waals surface area (Å²) in [5.74, 6) is 0.552. The van der Waals surface area contributed by atoms with Crippen LogP contribution in [0.2, 0.25) is 0 Å². The number of aryl methyl sites for hydroxylation is 3. The molecule has 0 bridgehead atoms. The number of hydrogen-bond acceptors (Lipinski definition) is 4. The maximum absolute atomic E-state index is 11.7. The molecule has 114 valence electrons. The minimum Gasteiger partial charge on any atom is -0.297 e. The lowest BCUT2D eigenvalue weighted by Crippen LogP contribution is -2.19. The molecule has 0 atom stereocenters. The number of nitrogens with two attached hydrogens (primary N) is 1. The molecule has 2 aromatic rings. The van der Waals surface area contributed by atoms with Crippen molar-refractivity contribution in [1.29, 1.82) is 0 Å². The van der Waals surface area contributed by atoms with E-state index in [1.165, 1.54) is 0 Å². The molecule has 0 unspecified atom stereocenters. The summed E-state index contributed by atoms with van der Waals surface area (Å²) in [4.78, 5) is 0. The molecule has 1 aromatic heterocycles. The third-order valence-corrected chi connectivity index (χ3v) is 4.13. The van der Waals surface area contributed by atoms with Crippen molar-refractivity contribution in [3.05, 3.63) is 28.8 Å². The van der Waals surface area contributed by atoms with E-state index in [1.54, 1.807) is 4.57 Å². The topological polar surface area (TPSA) is 90.9 Å². The Morgan fingerprint density at radius 3 is 2.19 bits per heavy atom. The SMILES string of the molecule is CCCn1c(-c2c(C)cc(C)cc2C)nnc1S(N)(=O)=O. The molecule has 7 heteroatoms. The van der Waals surface area contributed by atoms with Crippen LogP contribution in [-0.2, 0) is 16.6 Å². The second-order valence-corrected chi connectivity index (χ2v) is 6.73. The number of primary sulfonamides is 1. The van der Waals surface area contributed by atoms with Crippen LogP contribution in [0.3, 0.4) is 0 Å². The summed E-state index contributed by atoms with van der Waals surface area (Å²) in [6.07, 6.45) is 0.761. The van der Waals surface area contributed by atoms with Gasteiger partial charge in [0.1, 0.15) is 0 Å². The fraction of sp³-hybridized carbons (Fsp3) is 0.429. The fourth-order valence-electron chi connectivity index (χ4n) is 2.64. The zero-order valence-electron chi connectivity index (χ0n) is 12.7. The van der Waals surface area contributed by atoms with Crippen molar-refractivity contribution in [3.8, 4) is 11.4 Å². The minimum atomic E-state index is -3.89. The molecule has 0 spiro atoms. The van der Waals surface area contributed by atoms with E-state index >= 15 is 0 Å². The zero-order chi connectivity index (χ0) is 15.8. The molecule has 0 aliphatic rings. The zero-order valence-corrected chi connectivity index (χ0v) is 13.5. The molecular formula is C14H20N4O2S. The molecule has 21 heavy (non-hydrogen) atoms. The Kier molecular flexibility index (Phi) is 4.15. The number of nitrogens with zero attached hydrogens (tertiary/aromatic N) is 3. The van der Waals surface area contributed by atoms with E-state index in [1.807, 2.05) is 39.8 Å². The average molecular weight is 308 g/mol. The van der Waals surface area contributed by atoms with Crippen LogP contribution in [0.5, 0.6) is 0 Å². The Hall–Kier alpha value is -1.73. The number of hydrogen-bond donors (Lipinski definition) is 1. The fourth-order valence-corrected chi connectivity index (χ4v) is 3.28. The highest BCUT2D eigenvalue weighted by Gasteiger charge is 2.23. The highest BCUT2D eigenvalue weighted by molar-refractivity contribution is 7.89. The summed E-state index contributed by atoms with van der Waals surface area (Å²) in [5, 5.41) is 12.9. The van der Waals surface area contributed by atoms with E-state index in [9.17, 15) is 8.42 Å². The van der Waals surface area contributed by atoms with Gasteiger partial charge in [0.2, 0.25) is 0 Å². The van der Waals surface area contributed by atoms with Gasteiger partial charge in [-0.25, -0.2) is 13.6 Å². The second-order valence-electron chi connectivity index (χ2n) is 5.28. The summed E-state index contributed by atoms with van der Waals surface area (Å²) in [6, 6.07) is 4.09. The summed E-state index contributed by atoms with van der Waals surface area (Å²) < 4.78 is 24.9. The van der Waals surface area contributed by atoms with Crippen molar-refractivity contribution in [2.45, 2.75) is 45.8 Å². The van der Waals surface area contributed by atoms with Gasteiger partial charge in [0, 0.05) is 12.1 Å². The lowest BCUT2D eigenvalue weighted by atomic mass is 9.99. The van der Waals surface area contributed by atoms with E-state index in [2.05, 4.69) is 10.2 Å². The normalized spacial score (nSPS) is 11.9. The molecule has 0 radical (unpaired) electrons. The van der Waals surface area contributed by atoms with Gasteiger partial charge in [0.25, 0.3) is 15.2 Å². The first-order chi connectivity index (χ1) is 9.75. The van der Waals surface area contributed by atoms with Crippen molar-refractivity contribution in [3.63, 3.8) is 0 Å². The van der Waals surface area contributed by atoms with Crippen LogP contribution in [0.1, 0.15) is 30.0 Å². The molecule has 0 saturated heterocycles. The van der Waals surface area contributed by atoms with Gasteiger partial charge in [-0.2, -0.15) is 0 Å². The third-order valence-electron chi connectivity index (χ3n) is 3.32.